The van der Waals surface area contributed by atoms with Crippen molar-refractivity contribution in [3.63, 3.8) is 0 Å². The Hall–Kier alpha value is -3.11. The summed E-state index contributed by atoms with van der Waals surface area (Å²) in [5.41, 5.74) is 12.6. The van der Waals surface area contributed by atoms with Gasteiger partial charge in [-0.2, -0.15) is 0 Å². The summed E-state index contributed by atoms with van der Waals surface area (Å²) in [5, 5.41) is 0. The number of aryl methyl sites for hydroxylation is 1. The normalized spacial score (nSPS) is 21.4. The van der Waals surface area contributed by atoms with Crippen LogP contribution in [0.3, 0.4) is 0 Å². The van der Waals surface area contributed by atoms with E-state index in [0.717, 1.165) is 37.2 Å². The monoisotopic (exact) mass is 606 g/mol. The van der Waals surface area contributed by atoms with E-state index < -0.39 is 0 Å². The molecule has 3 aliphatic rings. The summed E-state index contributed by atoms with van der Waals surface area (Å²) in [6, 6.07) is 35.3. The van der Waals surface area contributed by atoms with Gasteiger partial charge in [-0.15, -0.1) is 0 Å². The maximum absolute atomic E-state index is 6.56. The molecule has 0 saturated carbocycles. The molecule has 1 aliphatic heterocycles. The van der Waals surface area contributed by atoms with Crippen LogP contribution < -0.4 is 4.74 Å². The van der Waals surface area contributed by atoms with Gasteiger partial charge in [-0.3, -0.25) is 0 Å². The van der Waals surface area contributed by atoms with E-state index in [-0.39, 0.29) is 0 Å². The molecule has 0 fully saturated rings. The smallest absolute Gasteiger partial charge is 0.135 e. The van der Waals surface area contributed by atoms with Crippen molar-refractivity contribution in [2.45, 2.75) is 42.4 Å². The highest BCUT2D eigenvalue weighted by atomic mass is 127. The summed E-state index contributed by atoms with van der Waals surface area (Å²) in [5.74, 6) is 2.87. The van der Waals surface area contributed by atoms with Crippen molar-refractivity contribution in [1.29, 1.82) is 0 Å². The quantitative estimate of drug-likeness (QED) is 0.166. The van der Waals surface area contributed by atoms with Gasteiger partial charge >= 0.3 is 0 Å². The Morgan fingerprint density at radius 1 is 0.737 bits per heavy atom. The molecule has 4 aromatic carbocycles. The third-order valence-electron chi connectivity index (χ3n) is 8.64. The van der Waals surface area contributed by atoms with Crippen LogP contribution in [0.15, 0.2) is 103 Å². The number of ether oxygens (including phenoxy) is 1. The molecule has 0 saturated heterocycles. The van der Waals surface area contributed by atoms with Crippen molar-refractivity contribution < 1.29 is 4.74 Å². The molecule has 3 atom stereocenters. The third-order valence-corrected chi connectivity index (χ3v) is 10.2. The Morgan fingerprint density at radius 2 is 1.37 bits per heavy atom. The van der Waals surface area contributed by atoms with Crippen LogP contribution in [0.25, 0.3) is 16.7 Å². The van der Waals surface area contributed by atoms with E-state index in [1.165, 1.54) is 50.1 Å². The first-order chi connectivity index (χ1) is 18.7. The summed E-state index contributed by atoms with van der Waals surface area (Å²) in [6.45, 7) is 2.27. The molecular weight excluding hydrogens is 575 g/mol. The molecule has 1 nitrogen and oxygen atoms in total. The average molecular weight is 607 g/mol. The number of halogens is 1. The molecule has 0 amide bonds. The summed E-state index contributed by atoms with van der Waals surface area (Å²) in [4.78, 5) is 0. The van der Waals surface area contributed by atoms with Crippen LogP contribution in [0.1, 0.15) is 65.5 Å². The lowest BCUT2D eigenvalue weighted by Gasteiger charge is -2.32. The second-order valence-corrected chi connectivity index (χ2v) is 12.3. The molecule has 0 N–H and O–H groups in total. The number of alkyl halides is 1. The number of allylic oxidation sites excluding steroid dienone is 3. The van der Waals surface area contributed by atoms with Gasteiger partial charge in [0, 0.05) is 21.0 Å². The van der Waals surface area contributed by atoms with Gasteiger partial charge in [0.25, 0.3) is 0 Å². The topological polar surface area (TPSA) is 9.23 Å². The van der Waals surface area contributed by atoms with Gasteiger partial charge in [-0.05, 0) is 82.7 Å². The number of benzene rings is 4. The fourth-order valence-electron chi connectivity index (χ4n) is 6.86. The molecule has 2 unspecified atom stereocenters. The minimum atomic E-state index is 0.347. The molecule has 4 aromatic rings. The predicted molar refractivity (Wildman–Crippen MR) is 167 cm³/mol. The first-order valence-corrected chi connectivity index (χ1v) is 15.1. The zero-order valence-electron chi connectivity index (χ0n) is 21.7. The summed E-state index contributed by atoms with van der Waals surface area (Å²) < 4.78 is 7.19. The largest absolute Gasteiger partial charge is 0.456 e. The SMILES string of the molecule is CCc1ccccc1C1=CC[C@H](I)C(CC2C3=C(c4ccccc4Oc4ccccc43)c3ccccc32)C1. The van der Waals surface area contributed by atoms with E-state index in [4.69, 9.17) is 4.74 Å². The number of hydrogen-bond donors (Lipinski definition) is 0. The predicted octanol–water partition coefficient (Wildman–Crippen LogP) is 10.1. The third kappa shape index (κ3) is 3.96. The van der Waals surface area contributed by atoms with Crippen molar-refractivity contribution >= 4 is 39.3 Å². The van der Waals surface area contributed by atoms with Crippen LogP contribution in [0.4, 0.5) is 0 Å². The Bertz CT molecular complexity index is 1590. The van der Waals surface area contributed by atoms with E-state index >= 15 is 0 Å². The Kier molecular flexibility index (Phi) is 6.24. The zero-order chi connectivity index (χ0) is 25.6. The molecule has 188 valence electrons. The van der Waals surface area contributed by atoms with Crippen molar-refractivity contribution in [1.82, 2.24) is 0 Å². The maximum Gasteiger partial charge on any atom is 0.135 e. The fourth-order valence-corrected chi connectivity index (χ4v) is 7.66. The van der Waals surface area contributed by atoms with Crippen LogP contribution in [0.5, 0.6) is 11.5 Å². The Balaban J connectivity index is 1.34. The van der Waals surface area contributed by atoms with Gasteiger partial charge in [-0.1, -0.05) is 121 Å². The molecule has 0 bridgehead atoms. The minimum absolute atomic E-state index is 0.347. The number of fused-ring (bicyclic) bond motifs is 6. The van der Waals surface area contributed by atoms with Gasteiger partial charge in [-0.25, -0.2) is 0 Å². The molecule has 2 aliphatic carbocycles. The van der Waals surface area contributed by atoms with Crippen LogP contribution in [-0.4, -0.2) is 3.92 Å². The molecule has 7 rings (SSSR count). The first-order valence-electron chi connectivity index (χ1n) is 13.8. The summed E-state index contributed by atoms with van der Waals surface area (Å²) in [7, 11) is 0. The van der Waals surface area contributed by atoms with Gasteiger partial charge in [0.05, 0.1) is 0 Å². The molecule has 0 radical (unpaired) electrons. The molecule has 0 spiro atoms. The molecule has 0 aromatic heterocycles. The lowest BCUT2D eigenvalue weighted by Crippen LogP contribution is -2.21. The van der Waals surface area contributed by atoms with Crippen molar-refractivity contribution in [2.24, 2.45) is 5.92 Å². The lowest BCUT2D eigenvalue weighted by atomic mass is 9.76. The summed E-state index contributed by atoms with van der Waals surface area (Å²) in [6.07, 6.45) is 7.02. The van der Waals surface area contributed by atoms with E-state index in [9.17, 15) is 0 Å². The zero-order valence-corrected chi connectivity index (χ0v) is 23.8. The lowest BCUT2D eigenvalue weighted by molar-refractivity contribution is 0.460. The highest BCUT2D eigenvalue weighted by Gasteiger charge is 2.39. The van der Waals surface area contributed by atoms with Crippen molar-refractivity contribution in [2.75, 3.05) is 0 Å². The van der Waals surface area contributed by atoms with E-state index in [1.807, 2.05) is 0 Å². The van der Waals surface area contributed by atoms with Crippen LogP contribution in [-0.2, 0) is 6.42 Å². The number of para-hydroxylation sites is 2. The highest BCUT2D eigenvalue weighted by Crippen LogP contribution is 2.58. The van der Waals surface area contributed by atoms with Gasteiger partial charge in [0.2, 0.25) is 0 Å². The fraction of sp³-hybridized carbons (Fsp3) is 0.222. The van der Waals surface area contributed by atoms with E-state index in [0.29, 0.717) is 15.8 Å². The number of rotatable bonds is 4. The average Bonchev–Trinajstić information content (AvgIpc) is 3.19. The molecule has 2 heteroatoms. The van der Waals surface area contributed by atoms with E-state index in [1.54, 1.807) is 0 Å². The van der Waals surface area contributed by atoms with Crippen LogP contribution in [0.2, 0.25) is 0 Å². The second-order valence-electron chi connectivity index (χ2n) is 10.7. The van der Waals surface area contributed by atoms with Gasteiger partial charge in [0.15, 0.2) is 0 Å². The first kappa shape index (κ1) is 24.0. The van der Waals surface area contributed by atoms with Crippen molar-refractivity contribution in [3.8, 4) is 11.5 Å². The Labute approximate surface area is 239 Å². The standard InChI is InChI=1S/C36H31IO/c1-2-23-11-3-4-12-26(23)24-19-20-32(37)25(21-24)22-31-27-13-5-6-14-28(27)35-29-15-7-9-17-33(29)38-34-18-10-8-16-30(34)36(31)35/h3-19,25,31-32H,2,20-22H2,1H3/t25?,31?,32-/m0/s1. The van der Waals surface area contributed by atoms with Crippen LogP contribution in [0, 0.1) is 5.92 Å². The van der Waals surface area contributed by atoms with Crippen molar-refractivity contribution in [3.05, 3.63) is 137 Å². The summed E-state index contributed by atoms with van der Waals surface area (Å²) >= 11 is 2.72. The molecule has 1 heterocycles. The number of hydrogen-bond acceptors (Lipinski definition) is 1. The Morgan fingerprint density at radius 3 is 2.16 bits per heavy atom. The maximum atomic E-state index is 6.56. The minimum Gasteiger partial charge on any atom is -0.456 e. The highest BCUT2D eigenvalue weighted by molar-refractivity contribution is 14.1. The van der Waals surface area contributed by atoms with E-state index in [2.05, 4.69) is 133 Å². The van der Waals surface area contributed by atoms with Gasteiger partial charge in [0.1, 0.15) is 11.5 Å². The second kappa shape index (κ2) is 9.89. The van der Waals surface area contributed by atoms with Gasteiger partial charge < -0.3 is 4.74 Å². The van der Waals surface area contributed by atoms with Crippen LogP contribution >= 0.6 is 22.6 Å². The molecular formula is C36H31IO. The molecule has 38 heavy (non-hydrogen) atoms.